The summed E-state index contributed by atoms with van der Waals surface area (Å²) in [6.45, 7) is 0. The van der Waals surface area contributed by atoms with Gasteiger partial charge in [0, 0.05) is 16.9 Å². The van der Waals surface area contributed by atoms with Gasteiger partial charge in [0.15, 0.2) is 5.60 Å². The molecule has 0 heterocycles. The molecule has 148 valence electrons. The van der Waals surface area contributed by atoms with Crippen molar-refractivity contribution < 1.29 is 27.1 Å². The smallest absolute Gasteiger partial charge is 0.380 e. The number of nitriles is 1. The van der Waals surface area contributed by atoms with Gasteiger partial charge < -0.3 is 5.11 Å². The fourth-order valence-corrected chi connectivity index (χ4v) is 3.74. The summed E-state index contributed by atoms with van der Waals surface area (Å²) in [6, 6.07) is 8.23. The van der Waals surface area contributed by atoms with E-state index < -0.39 is 41.7 Å². The van der Waals surface area contributed by atoms with Crippen molar-refractivity contribution in [2.75, 3.05) is 0 Å². The summed E-state index contributed by atoms with van der Waals surface area (Å²) in [5.41, 5.74) is -4.47. The van der Waals surface area contributed by atoms with Crippen molar-refractivity contribution >= 4 is 11.6 Å². The van der Waals surface area contributed by atoms with Crippen LogP contribution < -0.4 is 0 Å². The van der Waals surface area contributed by atoms with Crippen LogP contribution in [0.25, 0.3) is 0 Å². The molecule has 3 rings (SSSR count). The van der Waals surface area contributed by atoms with E-state index in [-0.39, 0.29) is 34.6 Å². The number of hydrogen-bond donors (Lipinski definition) is 1. The Morgan fingerprint density at radius 2 is 1.79 bits per heavy atom. The van der Waals surface area contributed by atoms with E-state index in [1.807, 2.05) is 6.07 Å². The van der Waals surface area contributed by atoms with Crippen LogP contribution in [-0.2, 0) is 11.8 Å². The van der Waals surface area contributed by atoms with Crippen molar-refractivity contribution in [2.45, 2.75) is 42.9 Å². The minimum Gasteiger partial charge on any atom is -0.380 e. The highest BCUT2D eigenvalue weighted by atomic mass is 35.5. The van der Waals surface area contributed by atoms with Crippen molar-refractivity contribution in [2.24, 2.45) is 0 Å². The van der Waals surface area contributed by atoms with Crippen molar-refractivity contribution in [3.63, 3.8) is 0 Å². The van der Waals surface area contributed by atoms with Crippen LogP contribution in [0.4, 0.5) is 22.0 Å². The lowest BCUT2D eigenvalue weighted by atomic mass is 9.79. The number of alkyl halides is 3. The first-order valence-electron chi connectivity index (χ1n) is 8.43. The largest absolute Gasteiger partial charge is 0.417 e. The van der Waals surface area contributed by atoms with Crippen LogP contribution in [0.15, 0.2) is 36.4 Å². The Kier molecular flexibility index (Phi) is 5.15. The van der Waals surface area contributed by atoms with Crippen LogP contribution in [0, 0.1) is 23.0 Å². The molecule has 8 heteroatoms. The van der Waals surface area contributed by atoms with Gasteiger partial charge in [-0.1, -0.05) is 17.7 Å². The second-order valence-electron chi connectivity index (χ2n) is 7.21. The molecule has 1 aliphatic carbocycles. The molecule has 1 N–H and O–H groups in total. The number of nitrogens with zero attached hydrogens (tertiary/aromatic N) is 1. The molecular weight excluding hydrogens is 401 g/mol. The Bertz CT molecular complexity index is 949. The number of aliphatic hydroxyl groups is 1. The van der Waals surface area contributed by atoms with Gasteiger partial charge in [0.2, 0.25) is 0 Å². The lowest BCUT2D eigenvalue weighted by Gasteiger charge is -2.34. The minimum atomic E-state index is -5.02. The van der Waals surface area contributed by atoms with Gasteiger partial charge in [0.25, 0.3) is 0 Å². The maximum Gasteiger partial charge on any atom is 0.417 e. The third-order valence-electron chi connectivity index (χ3n) is 5.18. The molecule has 1 fully saturated rings. The standard InChI is InChI=1S/C20H15ClF5NO/c21-16-7-12(10-27)1-2-13(16)9-19(28,20(24,25)26)11-18(5-6-18)15-8-14(22)3-4-17(15)23/h1-4,7-8,28H,5-6,9,11H2. The summed E-state index contributed by atoms with van der Waals surface area (Å²) >= 11 is 5.98. The summed E-state index contributed by atoms with van der Waals surface area (Å²) in [5, 5.41) is 19.4. The van der Waals surface area contributed by atoms with Gasteiger partial charge in [-0.2, -0.15) is 18.4 Å². The summed E-state index contributed by atoms with van der Waals surface area (Å²) in [5.74, 6) is -1.56. The molecule has 2 aromatic rings. The maximum atomic E-state index is 14.2. The average Bonchev–Trinajstić information content (AvgIpc) is 3.38. The summed E-state index contributed by atoms with van der Waals surface area (Å²) < 4.78 is 69.1. The molecule has 0 amide bonds. The van der Waals surface area contributed by atoms with Gasteiger partial charge in [0.05, 0.1) is 11.6 Å². The number of hydrogen-bond acceptors (Lipinski definition) is 2. The highest BCUT2D eigenvalue weighted by Crippen LogP contribution is 2.57. The van der Waals surface area contributed by atoms with Crippen LogP contribution in [0.5, 0.6) is 0 Å². The van der Waals surface area contributed by atoms with Gasteiger partial charge in [-0.3, -0.25) is 0 Å². The molecule has 0 saturated heterocycles. The van der Waals surface area contributed by atoms with E-state index in [1.165, 1.54) is 18.2 Å². The predicted molar refractivity (Wildman–Crippen MR) is 92.8 cm³/mol. The van der Waals surface area contributed by atoms with Crippen molar-refractivity contribution in [3.05, 3.63) is 69.7 Å². The van der Waals surface area contributed by atoms with Crippen LogP contribution in [-0.4, -0.2) is 16.9 Å². The van der Waals surface area contributed by atoms with Gasteiger partial charge in [-0.25, -0.2) is 8.78 Å². The van der Waals surface area contributed by atoms with Gasteiger partial charge >= 0.3 is 6.18 Å². The molecule has 0 radical (unpaired) electrons. The first-order chi connectivity index (χ1) is 13.0. The van der Waals surface area contributed by atoms with Crippen molar-refractivity contribution in [1.29, 1.82) is 5.26 Å². The molecule has 0 aromatic heterocycles. The molecule has 2 nitrogen and oxygen atoms in total. The van der Waals surface area contributed by atoms with Crippen molar-refractivity contribution in [1.82, 2.24) is 0 Å². The zero-order chi connectivity index (χ0) is 20.7. The highest BCUT2D eigenvalue weighted by molar-refractivity contribution is 6.31. The van der Waals surface area contributed by atoms with Crippen LogP contribution in [0.3, 0.4) is 0 Å². The lowest BCUT2D eigenvalue weighted by molar-refractivity contribution is -0.264. The second kappa shape index (κ2) is 7.02. The topological polar surface area (TPSA) is 44.0 Å². The summed E-state index contributed by atoms with van der Waals surface area (Å²) in [4.78, 5) is 0. The second-order valence-corrected chi connectivity index (χ2v) is 7.61. The predicted octanol–water partition coefficient (Wildman–Crippen LogP) is 5.45. The number of rotatable bonds is 5. The highest BCUT2D eigenvalue weighted by Gasteiger charge is 2.61. The Morgan fingerprint density at radius 1 is 1.11 bits per heavy atom. The maximum absolute atomic E-state index is 14.2. The fraction of sp³-hybridized carbons (Fsp3) is 0.350. The molecular formula is C20H15ClF5NO. The normalized spacial score (nSPS) is 17.6. The molecule has 0 bridgehead atoms. The minimum absolute atomic E-state index is 0.0102. The zero-order valence-corrected chi connectivity index (χ0v) is 15.2. The summed E-state index contributed by atoms with van der Waals surface area (Å²) in [6.07, 6.45) is -6.30. The number of benzene rings is 2. The third kappa shape index (κ3) is 3.85. The average molecular weight is 416 g/mol. The first kappa shape index (κ1) is 20.6. The van der Waals surface area contributed by atoms with Crippen molar-refractivity contribution in [3.8, 4) is 6.07 Å². The van der Waals surface area contributed by atoms with Crippen LogP contribution >= 0.6 is 11.6 Å². The summed E-state index contributed by atoms with van der Waals surface area (Å²) in [7, 11) is 0. The van der Waals surface area contributed by atoms with E-state index in [0.717, 1.165) is 18.2 Å². The molecule has 0 spiro atoms. The van der Waals surface area contributed by atoms with Gasteiger partial charge in [-0.15, -0.1) is 0 Å². The van der Waals surface area contributed by atoms with E-state index in [2.05, 4.69) is 0 Å². The van der Waals surface area contributed by atoms with Crippen LogP contribution in [0.1, 0.15) is 36.0 Å². The molecule has 1 aliphatic rings. The fourth-order valence-electron chi connectivity index (χ4n) is 3.49. The monoisotopic (exact) mass is 415 g/mol. The third-order valence-corrected chi connectivity index (χ3v) is 5.53. The van der Waals surface area contributed by atoms with E-state index in [0.29, 0.717) is 0 Å². The molecule has 1 unspecified atom stereocenters. The molecule has 0 aliphatic heterocycles. The Morgan fingerprint density at radius 3 is 2.32 bits per heavy atom. The molecule has 28 heavy (non-hydrogen) atoms. The quantitative estimate of drug-likeness (QED) is 0.660. The Balaban J connectivity index is 1.97. The number of halogens is 6. The van der Waals surface area contributed by atoms with Crippen LogP contribution in [0.2, 0.25) is 5.02 Å². The first-order valence-corrected chi connectivity index (χ1v) is 8.81. The Labute approximate surface area is 163 Å². The van der Waals surface area contributed by atoms with E-state index in [4.69, 9.17) is 16.9 Å². The molecule has 2 aromatic carbocycles. The molecule has 1 atom stereocenters. The van der Waals surface area contributed by atoms with E-state index in [1.54, 1.807) is 0 Å². The Hall–Kier alpha value is -2.17. The SMILES string of the molecule is N#Cc1ccc(CC(O)(CC2(c3cc(F)ccc3F)CC2)C(F)(F)F)c(Cl)c1. The van der Waals surface area contributed by atoms with Gasteiger partial charge in [0.1, 0.15) is 11.6 Å². The zero-order valence-electron chi connectivity index (χ0n) is 14.5. The van der Waals surface area contributed by atoms with E-state index >= 15 is 0 Å². The lowest BCUT2D eigenvalue weighted by Crippen LogP contribution is -2.49. The molecule has 1 saturated carbocycles. The van der Waals surface area contributed by atoms with Gasteiger partial charge in [-0.05, 0) is 60.7 Å². The van der Waals surface area contributed by atoms with E-state index in [9.17, 15) is 27.1 Å².